The highest BCUT2D eigenvalue weighted by Gasteiger charge is 2.40. The predicted octanol–water partition coefficient (Wildman–Crippen LogP) is 2.75. The van der Waals surface area contributed by atoms with Crippen molar-refractivity contribution in [1.29, 1.82) is 0 Å². The predicted molar refractivity (Wildman–Crippen MR) is 49.3 cm³/mol. The van der Waals surface area contributed by atoms with Crippen molar-refractivity contribution in [3.05, 3.63) is 34.9 Å². The third-order valence-electron chi connectivity index (χ3n) is 2.14. The highest BCUT2D eigenvalue weighted by Crippen LogP contribution is 2.39. The van der Waals surface area contributed by atoms with Crippen LogP contribution in [0.4, 0.5) is 26.3 Å². The standard InChI is InChI=1S/C10H7F6NO/c11-9(12,13)6-2-1-3-7(10(14,15)16)5(6)4-8(17)18/h1-3H,4H2,(H2,17,18). The van der Waals surface area contributed by atoms with Gasteiger partial charge in [0.2, 0.25) is 5.91 Å². The molecule has 0 unspecified atom stereocenters. The molecule has 0 aliphatic heterocycles. The van der Waals surface area contributed by atoms with Gasteiger partial charge in [-0.25, -0.2) is 0 Å². The Morgan fingerprint density at radius 1 is 1.00 bits per heavy atom. The molecular formula is C10H7F6NO. The summed E-state index contributed by atoms with van der Waals surface area (Å²) in [6.45, 7) is 0. The van der Waals surface area contributed by atoms with Crippen LogP contribution < -0.4 is 5.73 Å². The number of hydrogen-bond donors (Lipinski definition) is 1. The van der Waals surface area contributed by atoms with Gasteiger partial charge in [0.05, 0.1) is 17.5 Å². The summed E-state index contributed by atoms with van der Waals surface area (Å²) in [5, 5.41) is 0. The third-order valence-corrected chi connectivity index (χ3v) is 2.14. The van der Waals surface area contributed by atoms with Crippen molar-refractivity contribution in [2.24, 2.45) is 5.73 Å². The molecule has 0 aliphatic carbocycles. The van der Waals surface area contributed by atoms with Crippen LogP contribution in [0.3, 0.4) is 0 Å². The van der Waals surface area contributed by atoms with Gasteiger partial charge in [-0.1, -0.05) is 6.07 Å². The van der Waals surface area contributed by atoms with Crippen LogP contribution in [0.1, 0.15) is 16.7 Å². The molecular weight excluding hydrogens is 264 g/mol. The van der Waals surface area contributed by atoms with Crippen molar-refractivity contribution in [3.63, 3.8) is 0 Å². The fourth-order valence-corrected chi connectivity index (χ4v) is 1.48. The first-order valence-electron chi connectivity index (χ1n) is 4.58. The summed E-state index contributed by atoms with van der Waals surface area (Å²) >= 11 is 0. The first-order chi connectivity index (χ1) is 8.03. The molecule has 0 fully saturated rings. The van der Waals surface area contributed by atoms with Crippen molar-refractivity contribution < 1.29 is 31.1 Å². The van der Waals surface area contributed by atoms with Gasteiger partial charge in [-0.3, -0.25) is 4.79 Å². The van der Waals surface area contributed by atoms with Crippen molar-refractivity contribution in [2.75, 3.05) is 0 Å². The topological polar surface area (TPSA) is 43.1 Å². The molecule has 0 saturated heterocycles. The van der Waals surface area contributed by atoms with Gasteiger partial charge in [-0.05, 0) is 17.7 Å². The van der Waals surface area contributed by atoms with Gasteiger partial charge >= 0.3 is 12.4 Å². The number of amides is 1. The fraction of sp³-hybridized carbons (Fsp3) is 0.300. The van der Waals surface area contributed by atoms with Crippen LogP contribution in [0.25, 0.3) is 0 Å². The van der Waals surface area contributed by atoms with Crippen molar-refractivity contribution in [1.82, 2.24) is 0 Å². The van der Waals surface area contributed by atoms with E-state index in [0.29, 0.717) is 18.2 Å². The summed E-state index contributed by atoms with van der Waals surface area (Å²) in [5.74, 6) is -1.27. The molecule has 18 heavy (non-hydrogen) atoms. The minimum Gasteiger partial charge on any atom is -0.369 e. The molecule has 8 heteroatoms. The zero-order chi connectivity index (χ0) is 14.1. The van der Waals surface area contributed by atoms with E-state index in [1.54, 1.807) is 0 Å². The molecule has 1 aromatic carbocycles. The van der Waals surface area contributed by atoms with Crippen LogP contribution in [-0.4, -0.2) is 5.91 Å². The monoisotopic (exact) mass is 271 g/mol. The van der Waals surface area contributed by atoms with Crippen LogP contribution in [0, 0.1) is 0 Å². The highest BCUT2D eigenvalue weighted by molar-refractivity contribution is 5.77. The fourth-order valence-electron chi connectivity index (χ4n) is 1.48. The summed E-state index contributed by atoms with van der Waals surface area (Å²) in [6.07, 6.45) is -11.1. The molecule has 1 rings (SSSR count). The molecule has 1 aromatic rings. The quantitative estimate of drug-likeness (QED) is 0.826. The van der Waals surface area contributed by atoms with E-state index in [4.69, 9.17) is 0 Å². The minimum absolute atomic E-state index is 0.480. The summed E-state index contributed by atoms with van der Waals surface area (Å²) in [5.41, 5.74) is 0.520. The molecule has 0 heterocycles. The van der Waals surface area contributed by atoms with Crippen molar-refractivity contribution >= 4 is 5.91 Å². The zero-order valence-electron chi connectivity index (χ0n) is 8.69. The molecule has 2 N–H and O–H groups in total. The van der Waals surface area contributed by atoms with E-state index in [1.807, 2.05) is 0 Å². The van der Waals surface area contributed by atoms with Crippen LogP contribution >= 0.6 is 0 Å². The molecule has 0 saturated carbocycles. The Hall–Kier alpha value is -1.73. The first kappa shape index (κ1) is 14.3. The second-order valence-corrected chi connectivity index (χ2v) is 3.47. The maximum absolute atomic E-state index is 12.5. The second-order valence-electron chi connectivity index (χ2n) is 3.47. The lowest BCUT2D eigenvalue weighted by molar-refractivity contribution is -0.144. The van der Waals surface area contributed by atoms with Crippen LogP contribution in [0.15, 0.2) is 18.2 Å². The smallest absolute Gasteiger partial charge is 0.369 e. The second kappa shape index (κ2) is 4.51. The van der Waals surface area contributed by atoms with E-state index in [-0.39, 0.29) is 0 Å². The van der Waals surface area contributed by atoms with Gasteiger partial charge in [0.1, 0.15) is 0 Å². The largest absolute Gasteiger partial charge is 0.416 e. The van der Waals surface area contributed by atoms with Crippen molar-refractivity contribution in [3.8, 4) is 0 Å². The Labute approximate surface area is 97.4 Å². The molecule has 2 nitrogen and oxygen atoms in total. The van der Waals surface area contributed by atoms with Crippen LogP contribution in [0.5, 0.6) is 0 Å². The SMILES string of the molecule is NC(=O)Cc1c(C(F)(F)F)cccc1C(F)(F)F. The summed E-state index contributed by atoms with van der Waals surface area (Å²) in [7, 11) is 0. The maximum Gasteiger partial charge on any atom is 0.416 e. The molecule has 0 aromatic heterocycles. The first-order valence-corrected chi connectivity index (χ1v) is 4.58. The van der Waals surface area contributed by atoms with Gasteiger partial charge in [0.25, 0.3) is 0 Å². The van der Waals surface area contributed by atoms with E-state index < -0.39 is 41.4 Å². The molecule has 1 amide bonds. The molecule has 0 radical (unpaired) electrons. The number of hydrogen-bond acceptors (Lipinski definition) is 1. The van der Waals surface area contributed by atoms with E-state index in [9.17, 15) is 31.1 Å². The number of carbonyl (C=O) groups is 1. The van der Waals surface area contributed by atoms with E-state index in [2.05, 4.69) is 5.73 Å². The minimum atomic E-state index is -4.98. The number of primary amides is 1. The molecule has 100 valence electrons. The van der Waals surface area contributed by atoms with E-state index in [0.717, 1.165) is 0 Å². The Kier molecular flexibility index (Phi) is 3.59. The van der Waals surface area contributed by atoms with Gasteiger partial charge in [-0.15, -0.1) is 0 Å². The molecule has 0 spiro atoms. The van der Waals surface area contributed by atoms with Gasteiger partial charge in [-0.2, -0.15) is 26.3 Å². The maximum atomic E-state index is 12.5. The molecule has 0 aliphatic rings. The Morgan fingerprint density at radius 3 is 1.67 bits per heavy atom. The number of nitrogens with two attached hydrogens (primary N) is 1. The van der Waals surface area contributed by atoms with Crippen LogP contribution in [-0.2, 0) is 23.6 Å². The summed E-state index contributed by atoms with van der Waals surface area (Å²) in [6, 6.07) is 1.59. The highest BCUT2D eigenvalue weighted by atomic mass is 19.4. The Morgan fingerprint density at radius 2 is 1.39 bits per heavy atom. The third kappa shape index (κ3) is 3.14. The number of carbonyl (C=O) groups excluding carboxylic acids is 1. The lowest BCUT2D eigenvalue weighted by atomic mass is 9.97. The average molecular weight is 271 g/mol. The van der Waals surface area contributed by atoms with Crippen LogP contribution in [0.2, 0.25) is 0 Å². The number of rotatable bonds is 2. The number of halogens is 6. The lowest BCUT2D eigenvalue weighted by Crippen LogP contribution is -2.22. The average Bonchev–Trinajstić information content (AvgIpc) is 2.13. The van der Waals surface area contributed by atoms with Gasteiger partial charge < -0.3 is 5.73 Å². The summed E-state index contributed by atoms with van der Waals surface area (Å²) < 4.78 is 75.3. The van der Waals surface area contributed by atoms with E-state index >= 15 is 0 Å². The Balaban J connectivity index is 3.50. The summed E-state index contributed by atoms with van der Waals surface area (Å²) in [4.78, 5) is 10.6. The van der Waals surface area contributed by atoms with Crippen molar-refractivity contribution in [2.45, 2.75) is 18.8 Å². The Bertz CT molecular complexity index is 430. The molecule has 0 bridgehead atoms. The lowest BCUT2D eigenvalue weighted by Gasteiger charge is -2.17. The number of benzene rings is 1. The van der Waals surface area contributed by atoms with E-state index in [1.165, 1.54) is 0 Å². The normalized spacial score (nSPS) is 12.6. The zero-order valence-corrected chi connectivity index (χ0v) is 8.69. The molecule has 0 atom stereocenters. The van der Waals surface area contributed by atoms with Gasteiger partial charge in [0, 0.05) is 0 Å². The number of alkyl halides is 6. The van der Waals surface area contributed by atoms with Gasteiger partial charge in [0.15, 0.2) is 0 Å².